The number of nitrogens with zero attached hydrogens (tertiary/aromatic N) is 1. The molecule has 25 heavy (non-hydrogen) atoms. The zero-order chi connectivity index (χ0) is 18.6. The standard InChI is InChI=1S/C16H14ClF2N3O3/c1-9(10-2-4-12(18)13(19)6-10)20-8-16(23)21-14-5-3-11(17)7-15(14)22(24)25/h2-7,9,20H,8H2,1H3,(H,21,23)/p+1/t9-/m1/s1. The summed E-state index contributed by atoms with van der Waals surface area (Å²) >= 11 is 5.71. The maximum atomic E-state index is 13.2. The van der Waals surface area contributed by atoms with Crippen molar-refractivity contribution in [3.63, 3.8) is 0 Å². The minimum Gasteiger partial charge on any atom is -0.333 e. The number of nitro groups is 1. The van der Waals surface area contributed by atoms with Crippen molar-refractivity contribution in [3.8, 4) is 0 Å². The van der Waals surface area contributed by atoms with Gasteiger partial charge >= 0.3 is 0 Å². The van der Waals surface area contributed by atoms with Gasteiger partial charge in [0.05, 0.1) is 4.92 Å². The lowest BCUT2D eigenvalue weighted by Crippen LogP contribution is -2.86. The quantitative estimate of drug-likeness (QED) is 0.605. The van der Waals surface area contributed by atoms with Crippen LogP contribution in [0.5, 0.6) is 0 Å². The van der Waals surface area contributed by atoms with E-state index in [0.717, 1.165) is 18.2 Å². The number of nitrogens with one attached hydrogen (secondary N) is 1. The highest BCUT2D eigenvalue weighted by molar-refractivity contribution is 6.31. The summed E-state index contributed by atoms with van der Waals surface area (Å²) < 4.78 is 26.2. The molecule has 2 aromatic carbocycles. The van der Waals surface area contributed by atoms with Crippen molar-refractivity contribution in [2.45, 2.75) is 13.0 Å². The molecule has 0 aliphatic rings. The van der Waals surface area contributed by atoms with Gasteiger partial charge in [-0.15, -0.1) is 0 Å². The molecule has 0 fully saturated rings. The van der Waals surface area contributed by atoms with Gasteiger partial charge in [-0.25, -0.2) is 8.78 Å². The molecule has 6 nitrogen and oxygen atoms in total. The first-order valence-electron chi connectivity index (χ1n) is 7.30. The van der Waals surface area contributed by atoms with E-state index in [9.17, 15) is 23.7 Å². The highest BCUT2D eigenvalue weighted by Gasteiger charge is 2.18. The lowest BCUT2D eigenvalue weighted by Gasteiger charge is -2.11. The predicted octanol–water partition coefficient (Wildman–Crippen LogP) is 2.79. The van der Waals surface area contributed by atoms with Gasteiger partial charge < -0.3 is 10.6 Å². The number of rotatable bonds is 6. The lowest BCUT2D eigenvalue weighted by atomic mass is 10.1. The van der Waals surface area contributed by atoms with Crippen molar-refractivity contribution < 1.29 is 23.8 Å². The van der Waals surface area contributed by atoms with Gasteiger partial charge in [0.2, 0.25) is 0 Å². The largest absolute Gasteiger partial charge is 0.333 e. The van der Waals surface area contributed by atoms with Gasteiger partial charge in [0.1, 0.15) is 11.7 Å². The van der Waals surface area contributed by atoms with Crippen LogP contribution in [0, 0.1) is 21.7 Å². The topological polar surface area (TPSA) is 88.8 Å². The number of quaternary nitrogens is 1. The van der Waals surface area contributed by atoms with Crippen molar-refractivity contribution in [1.82, 2.24) is 0 Å². The zero-order valence-electron chi connectivity index (χ0n) is 13.1. The Morgan fingerprint density at radius 3 is 2.64 bits per heavy atom. The van der Waals surface area contributed by atoms with Gasteiger partial charge in [-0.05, 0) is 37.3 Å². The fourth-order valence-corrected chi connectivity index (χ4v) is 2.34. The third-order valence-electron chi connectivity index (χ3n) is 3.56. The summed E-state index contributed by atoms with van der Waals surface area (Å²) in [5.41, 5.74) is 0.243. The highest BCUT2D eigenvalue weighted by Crippen LogP contribution is 2.27. The van der Waals surface area contributed by atoms with Crippen molar-refractivity contribution >= 4 is 28.9 Å². The van der Waals surface area contributed by atoms with Crippen LogP contribution in [0.3, 0.4) is 0 Å². The van der Waals surface area contributed by atoms with E-state index >= 15 is 0 Å². The maximum Gasteiger partial charge on any atom is 0.294 e. The van der Waals surface area contributed by atoms with Gasteiger partial charge in [0.25, 0.3) is 11.6 Å². The van der Waals surface area contributed by atoms with Crippen LogP contribution < -0.4 is 10.6 Å². The lowest BCUT2D eigenvalue weighted by molar-refractivity contribution is -0.682. The molecule has 0 unspecified atom stereocenters. The third kappa shape index (κ3) is 4.94. The Balaban J connectivity index is 1.99. The average Bonchev–Trinajstić information content (AvgIpc) is 2.56. The Hall–Kier alpha value is -2.58. The van der Waals surface area contributed by atoms with Crippen LogP contribution in [-0.4, -0.2) is 17.4 Å². The first-order valence-corrected chi connectivity index (χ1v) is 7.68. The number of carbonyl (C=O) groups is 1. The summed E-state index contributed by atoms with van der Waals surface area (Å²) in [6.45, 7) is 1.67. The van der Waals surface area contributed by atoms with E-state index in [4.69, 9.17) is 11.6 Å². The molecule has 0 aromatic heterocycles. The molecule has 0 bridgehead atoms. The van der Waals surface area contributed by atoms with Gasteiger partial charge in [-0.2, -0.15) is 0 Å². The molecule has 9 heteroatoms. The molecule has 2 aromatic rings. The fraction of sp³-hybridized carbons (Fsp3) is 0.188. The van der Waals surface area contributed by atoms with Gasteiger partial charge in [-0.1, -0.05) is 11.6 Å². The maximum absolute atomic E-state index is 13.2. The van der Waals surface area contributed by atoms with Gasteiger partial charge in [0.15, 0.2) is 18.2 Å². The number of halogens is 3. The number of nitrogens with two attached hydrogens (primary N) is 1. The molecule has 1 amide bonds. The molecular weight excluding hydrogens is 356 g/mol. The molecular formula is C16H15ClF2N3O3+. The SMILES string of the molecule is C[C@@H]([NH2+]CC(=O)Nc1ccc(Cl)cc1[N+](=O)[O-])c1ccc(F)c(F)c1. The van der Waals surface area contributed by atoms with E-state index < -0.39 is 22.5 Å². The number of hydrogen-bond donors (Lipinski definition) is 2. The first kappa shape index (κ1) is 18.8. The van der Waals surface area contributed by atoms with E-state index in [0.29, 0.717) is 5.56 Å². The number of hydrogen-bond acceptors (Lipinski definition) is 3. The molecule has 3 N–H and O–H groups in total. The molecule has 0 aliphatic heterocycles. The number of amides is 1. The van der Waals surface area contributed by atoms with E-state index in [1.165, 1.54) is 18.2 Å². The van der Waals surface area contributed by atoms with E-state index in [1.54, 1.807) is 12.2 Å². The Kier molecular flexibility index (Phi) is 6.00. The Bertz CT molecular complexity index is 817. The van der Waals surface area contributed by atoms with Gasteiger partial charge in [-0.3, -0.25) is 14.9 Å². The predicted molar refractivity (Wildman–Crippen MR) is 88.3 cm³/mol. The second-order valence-electron chi connectivity index (χ2n) is 5.37. The van der Waals surface area contributed by atoms with Crippen LogP contribution in [0.4, 0.5) is 20.2 Å². The van der Waals surface area contributed by atoms with E-state index in [2.05, 4.69) is 5.32 Å². The van der Waals surface area contributed by atoms with Crippen LogP contribution in [0.25, 0.3) is 0 Å². The first-order chi connectivity index (χ1) is 11.8. The molecule has 1 atom stereocenters. The van der Waals surface area contributed by atoms with Crippen LogP contribution in [0.2, 0.25) is 5.02 Å². The van der Waals surface area contributed by atoms with Crippen LogP contribution >= 0.6 is 11.6 Å². The summed E-state index contributed by atoms with van der Waals surface area (Å²) in [5, 5.41) is 15.2. The molecule has 0 heterocycles. The molecule has 132 valence electrons. The molecule has 0 aliphatic carbocycles. The minimum atomic E-state index is -0.959. The normalized spacial score (nSPS) is 11.8. The van der Waals surface area contributed by atoms with Gasteiger partial charge in [0, 0.05) is 16.7 Å². The summed E-state index contributed by atoms with van der Waals surface area (Å²) in [4.78, 5) is 22.3. The highest BCUT2D eigenvalue weighted by atomic mass is 35.5. The average molecular weight is 371 g/mol. The molecule has 0 spiro atoms. The molecule has 0 saturated carbocycles. The van der Waals surface area contributed by atoms with Crippen LogP contribution in [-0.2, 0) is 4.79 Å². The second-order valence-corrected chi connectivity index (χ2v) is 5.81. The Morgan fingerprint density at radius 1 is 1.28 bits per heavy atom. The second kappa shape index (κ2) is 8.00. The monoisotopic (exact) mass is 370 g/mol. The summed E-state index contributed by atoms with van der Waals surface area (Å²) in [6, 6.07) is 7.13. The Morgan fingerprint density at radius 2 is 2.00 bits per heavy atom. The van der Waals surface area contributed by atoms with Crippen LogP contribution in [0.15, 0.2) is 36.4 Å². The summed E-state index contributed by atoms with van der Waals surface area (Å²) in [6.07, 6.45) is 0. The number of benzene rings is 2. The fourth-order valence-electron chi connectivity index (χ4n) is 2.18. The van der Waals surface area contributed by atoms with E-state index in [1.807, 2.05) is 0 Å². The van der Waals surface area contributed by atoms with Crippen molar-refractivity contribution in [2.75, 3.05) is 11.9 Å². The molecule has 0 radical (unpaired) electrons. The van der Waals surface area contributed by atoms with Crippen molar-refractivity contribution in [1.29, 1.82) is 0 Å². The number of nitro benzene ring substituents is 1. The van der Waals surface area contributed by atoms with Crippen molar-refractivity contribution in [3.05, 3.63) is 68.7 Å². The zero-order valence-corrected chi connectivity index (χ0v) is 13.9. The summed E-state index contributed by atoms with van der Waals surface area (Å²) in [5.74, 6) is -2.37. The Labute approximate surface area is 146 Å². The number of carbonyl (C=O) groups excluding carboxylic acids is 1. The van der Waals surface area contributed by atoms with Crippen molar-refractivity contribution in [2.24, 2.45) is 0 Å². The molecule has 2 rings (SSSR count). The third-order valence-corrected chi connectivity index (χ3v) is 3.79. The smallest absolute Gasteiger partial charge is 0.294 e. The minimum absolute atomic E-state index is 0.0354. The van der Waals surface area contributed by atoms with Crippen LogP contribution in [0.1, 0.15) is 18.5 Å². The van der Waals surface area contributed by atoms with E-state index in [-0.39, 0.29) is 29.0 Å². The number of anilines is 1. The summed E-state index contributed by atoms with van der Waals surface area (Å²) in [7, 11) is 0. The molecule has 0 saturated heterocycles.